The minimum absolute atomic E-state index is 0.0932. The first-order valence-electron chi connectivity index (χ1n) is 6.16. The Hall–Kier alpha value is -3.21. The molecule has 0 aliphatic rings. The lowest BCUT2D eigenvalue weighted by atomic mass is 10.2. The molecule has 0 amide bonds. The predicted molar refractivity (Wildman–Crippen MR) is 77.3 cm³/mol. The summed E-state index contributed by atoms with van der Waals surface area (Å²) < 4.78 is 0. The molecule has 0 saturated carbocycles. The van der Waals surface area contributed by atoms with Gasteiger partial charge in [0.05, 0.1) is 16.6 Å². The molecule has 1 aromatic carbocycles. The highest BCUT2D eigenvalue weighted by molar-refractivity contribution is 5.66. The fourth-order valence-electron chi connectivity index (χ4n) is 1.61. The van der Waals surface area contributed by atoms with Crippen molar-refractivity contribution in [2.75, 3.05) is 17.2 Å². The van der Waals surface area contributed by atoms with E-state index < -0.39 is 4.92 Å². The number of nitrogens with one attached hydrogen (secondary N) is 2. The smallest absolute Gasteiger partial charge is 0.329 e. The molecule has 2 rings (SSSR count). The van der Waals surface area contributed by atoms with Gasteiger partial charge in [-0.05, 0) is 31.2 Å². The minimum Gasteiger partial charge on any atom is -0.354 e. The molecule has 2 aromatic rings. The van der Waals surface area contributed by atoms with Gasteiger partial charge in [-0.25, -0.2) is 4.98 Å². The second-order valence-corrected chi connectivity index (χ2v) is 4.03. The van der Waals surface area contributed by atoms with Crippen molar-refractivity contribution in [3.8, 4) is 6.07 Å². The predicted octanol–water partition coefficient (Wildman–Crippen LogP) is 2.43. The quantitative estimate of drug-likeness (QED) is 0.639. The van der Waals surface area contributed by atoms with E-state index in [0.717, 1.165) is 6.20 Å². The van der Waals surface area contributed by atoms with Gasteiger partial charge in [-0.2, -0.15) is 10.2 Å². The van der Waals surface area contributed by atoms with Crippen LogP contribution in [0.2, 0.25) is 0 Å². The zero-order valence-corrected chi connectivity index (χ0v) is 11.2. The number of hydrogen-bond donors (Lipinski definition) is 2. The number of anilines is 3. The van der Waals surface area contributed by atoms with Crippen molar-refractivity contribution < 1.29 is 4.92 Å². The average Bonchev–Trinajstić information content (AvgIpc) is 2.48. The molecular weight excluding hydrogens is 272 g/mol. The topological polar surface area (TPSA) is 117 Å². The van der Waals surface area contributed by atoms with Crippen LogP contribution in [0, 0.1) is 21.4 Å². The van der Waals surface area contributed by atoms with Crippen molar-refractivity contribution in [2.45, 2.75) is 6.92 Å². The number of nitriles is 1. The third-order valence-electron chi connectivity index (χ3n) is 2.58. The number of nitrogens with zero attached hydrogens (tertiary/aromatic N) is 4. The molecule has 0 fully saturated rings. The molecule has 0 saturated heterocycles. The minimum atomic E-state index is -0.554. The maximum atomic E-state index is 11.0. The number of benzene rings is 1. The number of aromatic nitrogens is 2. The van der Waals surface area contributed by atoms with Crippen LogP contribution in [-0.4, -0.2) is 21.4 Å². The van der Waals surface area contributed by atoms with E-state index in [1.165, 1.54) is 0 Å². The molecule has 0 spiro atoms. The van der Waals surface area contributed by atoms with Crippen LogP contribution in [0.4, 0.5) is 23.1 Å². The van der Waals surface area contributed by atoms with Crippen LogP contribution in [0.5, 0.6) is 0 Å². The van der Waals surface area contributed by atoms with Crippen LogP contribution in [0.25, 0.3) is 0 Å². The molecule has 1 heterocycles. The zero-order chi connectivity index (χ0) is 15.2. The van der Waals surface area contributed by atoms with Crippen molar-refractivity contribution in [1.29, 1.82) is 5.26 Å². The Labute approximate surface area is 120 Å². The summed E-state index contributed by atoms with van der Waals surface area (Å²) >= 11 is 0. The Morgan fingerprint density at radius 3 is 2.67 bits per heavy atom. The van der Waals surface area contributed by atoms with Crippen LogP contribution < -0.4 is 10.6 Å². The molecule has 0 aliphatic carbocycles. The monoisotopic (exact) mass is 284 g/mol. The summed E-state index contributed by atoms with van der Waals surface area (Å²) in [5.74, 6) is 0.398. The Bertz CT molecular complexity index is 693. The lowest BCUT2D eigenvalue weighted by Crippen LogP contribution is -2.06. The van der Waals surface area contributed by atoms with E-state index in [1.54, 1.807) is 24.3 Å². The van der Waals surface area contributed by atoms with Gasteiger partial charge < -0.3 is 10.6 Å². The molecule has 0 bridgehead atoms. The second kappa shape index (κ2) is 6.29. The maximum absolute atomic E-state index is 11.0. The fourth-order valence-corrected chi connectivity index (χ4v) is 1.61. The van der Waals surface area contributed by atoms with Gasteiger partial charge >= 0.3 is 5.69 Å². The molecule has 8 nitrogen and oxygen atoms in total. The summed E-state index contributed by atoms with van der Waals surface area (Å²) in [4.78, 5) is 18.4. The van der Waals surface area contributed by atoms with Gasteiger partial charge in [0, 0.05) is 12.2 Å². The normalized spacial score (nSPS) is 9.71. The Morgan fingerprint density at radius 2 is 2.10 bits per heavy atom. The van der Waals surface area contributed by atoms with E-state index in [0.29, 0.717) is 23.7 Å². The highest BCUT2D eigenvalue weighted by Crippen LogP contribution is 2.25. The largest absolute Gasteiger partial charge is 0.354 e. The fraction of sp³-hybridized carbons (Fsp3) is 0.154. The van der Waals surface area contributed by atoms with Crippen molar-refractivity contribution in [1.82, 2.24) is 9.97 Å². The highest BCUT2D eigenvalue weighted by Gasteiger charge is 2.17. The first-order chi connectivity index (χ1) is 10.1. The Kier molecular flexibility index (Phi) is 4.26. The molecule has 8 heteroatoms. The van der Waals surface area contributed by atoms with Crippen molar-refractivity contribution in [3.63, 3.8) is 0 Å². The van der Waals surface area contributed by atoms with Crippen molar-refractivity contribution in [2.24, 2.45) is 0 Å². The van der Waals surface area contributed by atoms with Gasteiger partial charge in [0.15, 0.2) is 0 Å². The first kappa shape index (κ1) is 14.2. The number of hydrogen-bond acceptors (Lipinski definition) is 7. The second-order valence-electron chi connectivity index (χ2n) is 4.03. The summed E-state index contributed by atoms with van der Waals surface area (Å²) in [5.41, 5.74) is 0.880. The molecule has 21 heavy (non-hydrogen) atoms. The molecule has 0 radical (unpaired) electrons. The van der Waals surface area contributed by atoms with E-state index in [9.17, 15) is 10.1 Å². The Balaban J connectivity index is 2.33. The van der Waals surface area contributed by atoms with Crippen molar-refractivity contribution in [3.05, 3.63) is 46.1 Å². The first-order valence-corrected chi connectivity index (χ1v) is 6.16. The summed E-state index contributed by atoms with van der Waals surface area (Å²) in [6, 6.07) is 8.53. The van der Waals surface area contributed by atoms with Crippen LogP contribution in [0.1, 0.15) is 12.5 Å². The number of rotatable bonds is 5. The average molecular weight is 284 g/mol. The van der Waals surface area contributed by atoms with E-state index in [1.807, 2.05) is 13.0 Å². The van der Waals surface area contributed by atoms with Gasteiger partial charge in [-0.1, -0.05) is 0 Å². The molecule has 0 unspecified atom stereocenters. The van der Waals surface area contributed by atoms with Crippen LogP contribution >= 0.6 is 0 Å². The summed E-state index contributed by atoms with van der Waals surface area (Å²) in [6.45, 7) is 2.48. The van der Waals surface area contributed by atoms with Gasteiger partial charge in [0.25, 0.3) is 0 Å². The molecule has 106 valence electrons. The molecule has 0 aliphatic heterocycles. The third kappa shape index (κ3) is 3.42. The van der Waals surface area contributed by atoms with E-state index in [-0.39, 0.29) is 11.5 Å². The van der Waals surface area contributed by atoms with Gasteiger partial charge in [0.1, 0.15) is 6.20 Å². The van der Waals surface area contributed by atoms with E-state index in [2.05, 4.69) is 20.6 Å². The third-order valence-corrected chi connectivity index (χ3v) is 2.58. The molecule has 2 N–H and O–H groups in total. The van der Waals surface area contributed by atoms with Crippen LogP contribution in [0.15, 0.2) is 30.5 Å². The molecule has 0 atom stereocenters. The molecular formula is C13H12N6O2. The van der Waals surface area contributed by atoms with Gasteiger partial charge in [0.2, 0.25) is 11.8 Å². The summed E-state index contributed by atoms with van der Waals surface area (Å²) in [5, 5.41) is 25.5. The van der Waals surface area contributed by atoms with Gasteiger partial charge in [-0.15, -0.1) is 0 Å². The SMILES string of the molecule is CCNc1ncc([N+](=O)[O-])c(Nc2ccc(C#N)cc2)n1. The lowest BCUT2D eigenvalue weighted by molar-refractivity contribution is -0.384. The number of nitro groups is 1. The highest BCUT2D eigenvalue weighted by atomic mass is 16.6. The standard InChI is InChI=1S/C13H12N6O2/c1-2-15-13-16-8-11(19(20)21)12(18-13)17-10-5-3-9(7-14)4-6-10/h3-6,8H,2H2,1H3,(H2,15,16,17,18). The summed E-state index contributed by atoms with van der Waals surface area (Å²) in [6.07, 6.45) is 1.15. The Morgan fingerprint density at radius 1 is 1.38 bits per heavy atom. The van der Waals surface area contributed by atoms with Crippen LogP contribution in [-0.2, 0) is 0 Å². The van der Waals surface area contributed by atoms with E-state index >= 15 is 0 Å². The van der Waals surface area contributed by atoms with Crippen molar-refractivity contribution >= 4 is 23.1 Å². The van der Waals surface area contributed by atoms with Crippen LogP contribution in [0.3, 0.4) is 0 Å². The lowest BCUT2D eigenvalue weighted by Gasteiger charge is -2.08. The maximum Gasteiger partial charge on any atom is 0.329 e. The zero-order valence-electron chi connectivity index (χ0n) is 11.2. The van der Waals surface area contributed by atoms with Gasteiger partial charge in [-0.3, -0.25) is 10.1 Å². The summed E-state index contributed by atoms with van der Waals surface area (Å²) in [7, 11) is 0. The van der Waals surface area contributed by atoms with E-state index in [4.69, 9.17) is 5.26 Å². The molecule has 1 aromatic heterocycles.